The topological polar surface area (TPSA) is 69.4 Å². The number of ether oxygens (including phenoxy) is 1. The number of carbonyl (C=O) groups excluding carboxylic acids is 1. The summed E-state index contributed by atoms with van der Waals surface area (Å²) in [5.74, 6) is -0.393. The van der Waals surface area contributed by atoms with Crippen LogP contribution < -0.4 is 0 Å². The minimum atomic E-state index is -0.474. The molecule has 1 atom stereocenters. The third kappa shape index (κ3) is 3.71. The van der Waals surface area contributed by atoms with Crippen LogP contribution >= 0.6 is 0 Å². The van der Waals surface area contributed by atoms with Gasteiger partial charge >= 0.3 is 5.97 Å². The monoisotopic (exact) mass is 235 g/mol. The van der Waals surface area contributed by atoms with Crippen molar-refractivity contribution in [3.63, 3.8) is 0 Å². The van der Waals surface area contributed by atoms with Gasteiger partial charge in [0, 0.05) is 25.5 Å². The van der Waals surface area contributed by atoms with Crippen LogP contribution in [0.25, 0.3) is 0 Å². The molecule has 0 bridgehead atoms. The van der Waals surface area contributed by atoms with Gasteiger partial charge in [0.05, 0.1) is 4.92 Å². The van der Waals surface area contributed by atoms with Crippen molar-refractivity contribution in [1.29, 1.82) is 0 Å². The number of benzene rings is 1. The first-order valence-corrected chi connectivity index (χ1v) is 5.07. The summed E-state index contributed by atoms with van der Waals surface area (Å²) in [6.07, 6.45) is 1.66. The van der Waals surface area contributed by atoms with Crippen molar-refractivity contribution in [2.75, 3.05) is 0 Å². The maximum Gasteiger partial charge on any atom is 0.303 e. The van der Waals surface area contributed by atoms with E-state index < -0.39 is 17.0 Å². The molecule has 0 aromatic heterocycles. The van der Waals surface area contributed by atoms with E-state index in [-0.39, 0.29) is 5.69 Å². The summed E-state index contributed by atoms with van der Waals surface area (Å²) in [4.78, 5) is 20.9. The SMILES string of the molecule is C=CCC(OC(C)=O)c1ccc([N+](=O)[O-])cc1. The molecule has 0 N–H and O–H groups in total. The van der Waals surface area contributed by atoms with Crippen molar-refractivity contribution in [1.82, 2.24) is 0 Å². The van der Waals surface area contributed by atoms with E-state index in [0.29, 0.717) is 12.0 Å². The fourth-order valence-electron chi connectivity index (χ4n) is 1.41. The molecule has 0 aliphatic rings. The Balaban J connectivity index is 2.90. The fraction of sp³-hybridized carbons (Fsp3) is 0.250. The quantitative estimate of drug-likeness (QED) is 0.340. The summed E-state index contributed by atoms with van der Waals surface area (Å²) in [6.45, 7) is 4.90. The number of nitro groups is 1. The van der Waals surface area contributed by atoms with Gasteiger partial charge in [-0.2, -0.15) is 0 Å². The molecule has 0 saturated carbocycles. The standard InChI is InChI=1S/C12H13NO4/c1-3-4-12(17-9(2)14)10-5-7-11(8-6-10)13(15)16/h3,5-8,12H,1,4H2,2H3. The molecule has 1 aromatic rings. The van der Waals surface area contributed by atoms with Crippen molar-refractivity contribution >= 4 is 11.7 Å². The first kappa shape index (κ1) is 12.9. The number of hydrogen-bond acceptors (Lipinski definition) is 4. The van der Waals surface area contributed by atoms with Crippen LogP contribution in [-0.4, -0.2) is 10.9 Å². The van der Waals surface area contributed by atoms with Gasteiger partial charge in [0.2, 0.25) is 0 Å². The van der Waals surface area contributed by atoms with Gasteiger partial charge in [-0.05, 0) is 17.7 Å². The highest BCUT2D eigenvalue weighted by molar-refractivity contribution is 5.66. The van der Waals surface area contributed by atoms with Crippen LogP contribution in [0.5, 0.6) is 0 Å². The Morgan fingerprint density at radius 2 is 2.12 bits per heavy atom. The molecule has 0 fully saturated rings. The average molecular weight is 235 g/mol. The second-order valence-corrected chi connectivity index (χ2v) is 3.47. The normalized spacial score (nSPS) is 11.6. The van der Waals surface area contributed by atoms with Crippen molar-refractivity contribution in [3.8, 4) is 0 Å². The molecular formula is C12H13NO4. The minimum absolute atomic E-state index is 0.00827. The van der Waals surface area contributed by atoms with Crippen molar-refractivity contribution < 1.29 is 14.5 Å². The second kappa shape index (κ2) is 5.79. The first-order chi connectivity index (χ1) is 8.04. The van der Waals surface area contributed by atoms with Gasteiger partial charge in [-0.3, -0.25) is 14.9 Å². The number of nitro benzene ring substituents is 1. The zero-order valence-corrected chi connectivity index (χ0v) is 9.46. The predicted octanol–water partition coefficient (Wildman–Crippen LogP) is 2.78. The van der Waals surface area contributed by atoms with Crippen LogP contribution in [0.1, 0.15) is 25.0 Å². The largest absolute Gasteiger partial charge is 0.457 e. The van der Waals surface area contributed by atoms with Gasteiger partial charge in [-0.15, -0.1) is 6.58 Å². The lowest BCUT2D eigenvalue weighted by Crippen LogP contribution is -2.07. The van der Waals surface area contributed by atoms with Crippen molar-refractivity contribution in [2.45, 2.75) is 19.4 Å². The van der Waals surface area contributed by atoms with Crippen molar-refractivity contribution in [2.24, 2.45) is 0 Å². The summed E-state index contributed by atoms with van der Waals surface area (Å²) in [5.41, 5.74) is 0.722. The molecule has 0 aliphatic carbocycles. The summed E-state index contributed by atoms with van der Waals surface area (Å²) in [7, 11) is 0. The molecule has 5 heteroatoms. The Bertz CT molecular complexity index is 425. The molecule has 5 nitrogen and oxygen atoms in total. The van der Waals surface area contributed by atoms with Gasteiger partial charge in [-0.1, -0.05) is 6.08 Å². The van der Waals surface area contributed by atoms with E-state index in [1.54, 1.807) is 18.2 Å². The van der Waals surface area contributed by atoms with E-state index in [1.165, 1.54) is 19.1 Å². The van der Waals surface area contributed by atoms with Gasteiger partial charge in [0.15, 0.2) is 0 Å². The number of carbonyl (C=O) groups is 1. The van der Waals surface area contributed by atoms with E-state index >= 15 is 0 Å². The van der Waals surface area contributed by atoms with E-state index in [1.807, 2.05) is 0 Å². The van der Waals surface area contributed by atoms with Crippen LogP contribution in [0.4, 0.5) is 5.69 Å². The highest BCUT2D eigenvalue weighted by Gasteiger charge is 2.14. The number of hydrogen-bond donors (Lipinski definition) is 0. The zero-order chi connectivity index (χ0) is 12.8. The Hall–Kier alpha value is -2.17. The van der Waals surface area contributed by atoms with Gasteiger partial charge in [-0.25, -0.2) is 0 Å². The Labute approximate surface area is 98.9 Å². The van der Waals surface area contributed by atoms with E-state index in [4.69, 9.17) is 4.74 Å². The maximum absolute atomic E-state index is 10.9. The summed E-state index contributed by atoms with van der Waals surface area (Å²) in [6, 6.07) is 5.92. The smallest absolute Gasteiger partial charge is 0.303 e. The number of non-ortho nitro benzene ring substituents is 1. The first-order valence-electron chi connectivity index (χ1n) is 5.07. The molecule has 1 aromatic carbocycles. The third-order valence-electron chi connectivity index (χ3n) is 2.16. The lowest BCUT2D eigenvalue weighted by Gasteiger charge is -2.15. The highest BCUT2D eigenvalue weighted by atomic mass is 16.6. The maximum atomic E-state index is 10.9. The summed E-state index contributed by atoms with van der Waals surface area (Å²) in [5, 5.41) is 10.5. The second-order valence-electron chi connectivity index (χ2n) is 3.47. The number of rotatable bonds is 5. The third-order valence-corrected chi connectivity index (χ3v) is 2.16. The Morgan fingerprint density at radius 3 is 2.53 bits per heavy atom. The van der Waals surface area contributed by atoms with E-state index in [2.05, 4.69) is 6.58 Å². The van der Waals surface area contributed by atoms with Gasteiger partial charge in [0.25, 0.3) is 5.69 Å². The molecule has 0 aliphatic heterocycles. The van der Waals surface area contributed by atoms with Gasteiger partial charge in [0.1, 0.15) is 6.10 Å². The predicted molar refractivity (Wildman–Crippen MR) is 62.4 cm³/mol. The molecule has 1 rings (SSSR count). The molecule has 0 radical (unpaired) electrons. The Kier molecular flexibility index (Phi) is 4.39. The van der Waals surface area contributed by atoms with Crippen LogP contribution in [0, 0.1) is 10.1 Å². The molecule has 17 heavy (non-hydrogen) atoms. The molecule has 0 spiro atoms. The van der Waals surface area contributed by atoms with E-state index in [0.717, 1.165) is 0 Å². The molecule has 0 heterocycles. The van der Waals surface area contributed by atoms with Crippen molar-refractivity contribution in [3.05, 3.63) is 52.6 Å². The molecule has 1 unspecified atom stereocenters. The highest BCUT2D eigenvalue weighted by Crippen LogP contribution is 2.24. The number of esters is 1. The van der Waals surface area contributed by atoms with Crippen LogP contribution in [0.3, 0.4) is 0 Å². The van der Waals surface area contributed by atoms with Crippen LogP contribution in [0.2, 0.25) is 0 Å². The molecule has 0 saturated heterocycles. The fourth-order valence-corrected chi connectivity index (χ4v) is 1.41. The lowest BCUT2D eigenvalue weighted by molar-refractivity contribution is -0.384. The minimum Gasteiger partial charge on any atom is -0.457 e. The summed E-state index contributed by atoms with van der Waals surface area (Å²) < 4.78 is 5.10. The van der Waals surface area contributed by atoms with Crippen LogP contribution in [-0.2, 0) is 9.53 Å². The molecule has 0 amide bonds. The Morgan fingerprint density at radius 1 is 1.53 bits per heavy atom. The average Bonchev–Trinajstić information content (AvgIpc) is 2.28. The zero-order valence-electron chi connectivity index (χ0n) is 9.46. The number of nitrogens with zero attached hydrogens (tertiary/aromatic N) is 1. The lowest BCUT2D eigenvalue weighted by atomic mass is 10.1. The van der Waals surface area contributed by atoms with E-state index in [9.17, 15) is 14.9 Å². The molecular weight excluding hydrogens is 222 g/mol. The van der Waals surface area contributed by atoms with Crippen LogP contribution in [0.15, 0.2) is 36.9 Å². The summed E-state index contributed by atoms with van der Waals surface area (Å²) >= 11 is 0. The molecule has 90 valence electrons. The van der Waals surface area contributed by atoms with Gasteiger partial charge < -0.3 is 4.74 Å².